The van der Waals surface area contributed by atoms with Crippen molar-refractivity contribution in [2.24, 2.45) is 5.92 Å². The number of benzene rings is 8. The molecular formula is C116H168N16O8. The second kappa shape index (κ2) is 65.0. The fourth-order valence-electron chi connectivity index (χ4n) is 18.7. The van der Waals surface area contributed by atoms with Crippen LogP contribution in [0.1, 0.15) is 312 Å². The maximum atomic E-state index is 11.8. The Morgan fingerprint density at radius 3 is 0.693 bits per heavy atom. The molecule has 0 bridgehead atoms. The SMILES string of the molecule is Cc1ccc(CCNC(=O)NC2CCCCC2)cc1.Cc1ccc(CNC(=O)NC2CCCCC2)cc1.Cc1ccc(NC(=O)NC2CCCCC2)cc1.Cc1ccc(NC(=O)NC2CCCCC2)cc1.Cc1ccc(NC(=O)NC2CCCCC2)cc1.Cc1ccc(NC(=O)NC2CCCCC2)cc1.Cc1cccc(NC(=O)NC2CCCCC2)c1.Cc1cccc(NC(=O)NCC2CCCCC2)c1. The zero-order chi connectivity index (χ0) is 99.5. The van der Waals surface area contributed by atoms with Crippen LogP contribution in [-0.2, 0) is 13.0 Å². The van der Waals surface area contributed by atoms with Gasteiger partial charge in [-0.25, -0.2) is 38.4 Å². The summed E-state index contributed by atoms with van der Waals surface area (Å²) in [6.45, 7) is 18.4. The van der Waals surface area contributed by atoms with Crippen LogP contribution in [0.2, 0.25) is 0 Å². The van der Waals surface area contributed by atoms with E-state index >= 15 is 0 Å². The lowest BCUT2D eigenvalue weighted by Gasteiger charge is -2.22. The number of nitrogens with one attached hydrogen (secondary N) is 16. The van der Waals surface area contributed by atoms with Gasteiger partial charge in [0.1, 0.15) is 0 Å². The molecule has 8 aromatic carbocycles. The lowest BCUT2D eigenvalue weighted by Crippen LogP contribution is -2.43. The van der Waals surface area contributed by atoms with E-state index in [1.807, 2.05) is 187 Å². The predicted molar refractivity (Wildman–Crippen MR) is 578 cm³/mol. The van der Waals surface area contributed by atoms with Crippen molar-refractivity contribution in [1.29, 1.82) is 0 Å². The smallest absolute Gasteiger partial charge is 0.319 e. The predicted octanol–water partition coefficient (Wildman–Crippen LogP) is 27.2. The van der Waals surface area contributed by atoms with E-state index in [0.717, 1.165) is 154 Å². The van der Waals surface area contributed by atoms with E-state index < -0.39 is 0 Å². The average molecular weight is 1910 g/mol. The summed E-state index contributed by atoms with van der Waals surface area (Å²) in [6.07, 6.45) is 49.4. The van der Waals surface area contributed by atoms with Gasteiger partial charge in [-0.1, -0.05) is 309 Å². The van der Waals surface area contributed by atoms with E-state index in [9.17, 15) is 38.4 Å². The third kappa shape index (κ3) is 49.2. The topological polar surface area (TPSA) is 329 Å². The molecule has 8 aliphatic rings. The number of hydrogen-bond donors (Lipinski definition) is 16. The Kier molecular flexibility index (Phi) is 51.8. The van der Waals surface area contributed by atoms with Crippen LogP contribution in [0.25, 0.3) is 0 Å². The van der Waals surface area contributed by atoms with Crippen LogP contribution in [0, 0.1) is 61.3 Å². The molecule has 16 rings (SSSR count). The van der Waals surface area contributed by atoms with E-state index in [0.29, 0.717) is 61.3 Å². The maximum absolute atomic E-state index is 11.8. The number of hydrogen-bond acceptors (Lipinski definition) is 8. The Labute approximate surface area is 837 Å². The van der Waals surface area contributed by atoms with Crippen molar-refractivity contribution in [3.63, 3.8) is 0 Å². The van der Waals surface area contributed by atoms with Crippen LogP contribution in [0.5, 0.6) is 0 Å². The number of amides is 16. The van der Waals surface area contributed by atoms with Gasteiger partial charge in [-0.3, -0.25) is 0 Å². The molecule has 0 radical (unpaired) electrons. The largest absolute Gasteiger partial charge is 0.338 e. The summed E-state index contributed by atoms with van der Waals surface area (Å²) < 4.78 is 0. The van der Waals surface area contributed by atoms with Crippen molar-refractivity contribution in [1.82, 2.24) is 53.2 Å². The second-order valence-corrected chi connectivity index (χ2v) is 39.8. The Bertz CT molecular complexity index is 4550. The number of anilines is 6. The van der Waals surface area contributed by atoms with E-state index in [-0.39, 0.29) is 48.2 Å². The van der Waals surface area contributed by atoms with E-state index in [1.54, 1.807) is 0 Å². The van der Waals surface area contributed by atoms with Gasteiger partial charge >= 0.3 is 48.2 Å². The van der Waals surface area contributed by atoms with Gasteiger partial charge in [0.25, 0.3) is 0 Å². The van der Waals surface area contributed by atoms with Gasteiger partial charge in [-0.05, 0) is 266 Å². The van der Waals surface area contributed by atoms with Gasteiger partial charge in [-0.2, -0.15) is 0 Å². The minimum absolute atomic E-state index is 0.0148. The summed E-state index contributed by atoms with van der Waals surface area (Å²) >= 11 is 0. The highest BCUT2D eigenvalue weighted by Crippen LogP contribution is 2.27. The number of urea groups is 8. The van der Waals surface area contributed by atoms with Crippen molar-refractivity contribution < 1.29 is 38.4 Å². The van der Waals surface area contributed by atoms with Gasteiger partial charge in [0.2, 0.25) is 0 Å². The highest BCUT2D eigenvalue weighted by Gasteiger charge is 2.24. The zero-order valence-electron chi connectivity index (χ0n) is 85.5. The first-order valence-electron chi connectivity index (χ1n) is 52.9. The molecule has 0 aromatic heterocycles. The van der Waals surface area contributed by atoms with Crippen LogP contribution < -0.4 is 85.1 Å². The lowest BCUT2D eigenvalue weighted by atomic mass is 9.89. The number of aryl methyl sites for hydroxylation is 8. The molecule has 0 saturated heterocycles. The van der Waals surface area contributed by atoms with Crippen molar-refractivity contribution in [3.8, 4) is 0 Å². The lowest BCUT2D eigenvalue weighted by molar-refractivity contribution is 0.231. The standard InChI is InChI=1S/C16H24N2O.2C15H22N2O.5C14H20N2O/c1-13-7-9-14(10-8-13)11-12-17-16(19)18-15-5-3-2-4-6-15;1-12-6-5-9-14(10-12)17-15(18)16-11-13-7-3-2-4-8-13;1-12-7-9-13(10-8-12)11-16-15(18)17-14-5-3-2-4-6-14;1-11-6-5-9-13(10-11)16-14(17)15-12-7-3-2-4-8-12;4*1-11-7-9-13(10-8-11)16-14(17)15-12-5-3-2-4-6-12/h7-10,15H,2-6,11-12H2,1H3,(H2,17,18,19);5-6,9-10,13H,2-4,7-8,11H2,1H3,(H2,16,17,18);7-10,14H,2-6,11H2,1H3,(H2,16,17,18);5-6,9-10,12H,2-4,7-8H2,1H3,(H2,15,16,17);4*7-10,12H,2-6H2,1H3,(H2,15,16,17). The summed E-state index contributed by atoms with van der Waals surface area (Å²) in [5.74, 6) is 0.669. The summed E-state index contributed by atoms with van der Waals surface area (Å²) in [5, 5.41) is 47.3. The Morgan fingerprint density at radius 1 is 0.207 bits per heavy atom. The molecule has 8 fully saturated rings. The molecule has 760 valence electrons. The third-order valence-electron chi connectivity index (χ3n) is 27.0. The van der Waals surface area contributed by atoms with Gasteiger partial charge in [0, 0.05) is 96.1 Å². The quantitative estimate of drug-likeness (QED) is 0.0347. The Hall–Kier alpha value is -12.1. The summed E-state index contributed by atoms with van der Waals surface area (Å²) in [4.78, 5) is 94.0. The van der Waals surface area contributed by atoms with Crippen LogP contribution in [0.15, 0.2) is 194 Å². The van der Waals surface area contributed by atoms with Crippen LogP contribution in [0.3, 0.4) is 0 Å². The van der Waals surface area contributed by atoms with Crippen LogP contribution in [-0.4, -0.2) is 104 Å². The highest BCUT2D eigenvalue weighted by atomic mass is 16.2. The number of rotatable bonds is 20. The molecule has 0 unspecified atom stereocenters. The molecule has 24 heteroatoms. The van der Waals surface area contributed by atoms with E-state index in [2.05, 4.69) is 147 Å². The van der Waals surface area contributed by atoms with Crippen molar-refractivity contribution >= 4 is 82.4 Å². The molecule has 8 aliphatic carbocycles. The van der Waals surface area contributed by atoms with E-state index in [4.69, 9.17) is 0 Å². The third-order valence-corrected chi connectivity index (χ3v) is 27.0. The first-order valence-corrected chi connectivity index (χ1v) is 52.9. The zero-order valence-corrected chi connectivity index (χ0v) is 85.5. The fourth-order valence-corrected chi connectivity index (χ4v) is 18.7. The van der Waals surface area contributed by atoms with Crippen molar-refractivity contribution in [2.45, 2.75) is 367 Å². The molecule has 8 aromatic rings. The number of carbonyl (C=O) groups excluding carboxylic acids is 8. The molecule has 8 saturated carbocycles. The molecule has 24 nitrogen and oxygen atoms in total. The Morgan fingerprint density at radius 2 is 0.429 bits per heavy atom. The summed E-state index contributed by atoms with van der Waals surface area (Å²) in [5.41, 5.74) is 17.1. The van der Waals surface area contributed by atoms with Crippen molar-refractivity contribution in [2.75, 3.05) is 45.0 Å². The van der Waals surface area contributed by atoms with Gasteiger partial charge in [-0.15, -0.1) is 0 Å². The maximum Gasteiger partial charge on any atom is 0.319 e. The monoisotopic (exact) mass is 1910 g/mol. The molecule has 16 amide bonds. The molecule has 140 heavy (non-hydrogen) atoms. The second-order valence-electron chi connectivity index (χ2n) is 39.8. The normalized spacial score (nSPS) is 16.4. The molecule has 0 heterocycles. The van der Waals surface area contributed by atoms with Crippen LogP contribution in [0.4, 0.5) is 72.5 Å². The van der Waals surface area contributed by atoms with Crippen molar-refractivity contribution in [3.05, 3.63) is 250 Å². The Balaban J connectivity index is 0.000000179. The average Bonchev–Trinajstić information content (AvgIpc) is 0.901. The molecule has 16 N–H and O–H groups in total. The molecular weight excluding hydrogens is 1750 g/mol. The first-order chi connectivity index (χ1) is 67.9. The highest BCUT2D eigenvalue weighted by molar-refractivity contribution is 5.92. The first kappa shape index (κ1) is 112. The summed E-state index contributed by atoms with van der Waals surface area (Å²) in [6, 6.07) is 65.8. The minimum atomic E-state index is -0.0915. The minimum Gasteiger partial charge on any atom is -0.338 e. The van der Waals surface area contributed by atoms with Gasteiger partial charge in [0.05, 0.1) is 0 Å². The molecule has 0 spiro atoms. The molecule has 0 aliphatic heterocycles. The van der Waals surface area contributed by atoms with Gasteiger partial charge < -0.3 is 85.1 Å². The summed E-state index contributed by atoms with van der Waals surface area (Å²) in [7, 11) is 0. The fraction of sp³-hybridized carbons (Fsp3) is 0.517. The van der Waals surface area contributed by atoms with Crippen LogP contribution >= 0.6 is 0 Å². The van der Waals surface area contributed by atoms with E-state index in [1.165, 1.54) is 206 Å². The number of carbonyl (C=O) groups is 8. The van der Waals surface area contributed by atoms with Gasteiger partial charge in [0.15, 0.2) is 0 Å². The molecule has 0 atom stereocenters.